The van der Waals surface area contributed by atoms with E-state index in [-0.39, 0.29) is 5.78 Å². The largest absolute Gasteiger partial charge is 0.381 e. The van der Waals surface area contributed by atoms with Crippen LogP contribution in [0.1, 0.15) is 38.5 Å². The Labute approximate surface area is 78.3 Å². The smallest absolute Gasteiger partial charge is 0.164 e. The van der Waals surface area contributed by atoms with Crippen LogP contribution < -0.4 is 0 Å². The van der Waals surface area contributed by atoms with E-state index < -0.39 is 5.60 Å². The van der Waals surface area contributed by atoms with Crippen LogP contribution in [0.3, 0.4) is 0 Å². The predicted molar refractivity (Wildman–Crippen MR) is 48.1 cm³/mol. The molecule has 0 aromatic rings. The molecule has 3 saturated carbocycles. The van der Waals surface area contributed by atoms with E-state index in [0.717, 1.165) is 19.3 Å². The molecular weight excluding hydrogens is 164 g/mol. The molecule has 1 N–H and O–H groups in total. The van der Waals surface area contributed by atoms with Gasteiger partial charge in [0.2, 0.25) is 0 Å². The minimum Gasteiger partial charge on any atom is -0.381 e. The molecule has 3 aliphatic carbocycles. The second kappa shape index (κ2) is 2.35. The lowest BCUT2D eigenvalue weighted by Crippen LogP contribution is -2.42. The number of hydrogen-bond donors (Lipinski definition) is 1. The van der Waals surface area contributed by atoms with Gasteiger partial charge in [-0.25, -0.2) is 0 Å². The fourth-order valence-corrected chi connectivity index (χ4v) is 4.02. The molecule has 0 aromatic carbocycles. The van der Waals surface area contributed by atoms with E-state index in [1.807, 2.05) is 0 Å². The second-order valence-electron chi connectivity index (χ2n) is 5.02. The maximum Gasteiger partial charge on any atom is 0.164 e. The molecule has 0 saturated heterocycles. The molecule has 3 rings (SSSR count). The minimum atomic E-state index is -0.874. The van der Waals surface area contributed by atoms with Crippen LogP contribution >= 0.6 is 0 Å². The summed E-state index contributed by atoms with van der Waals surface area (Å²) in [6.45, 7) is 0. The van der Waals surface area contributed by atoms with E-state index in [2.05, 4.69) is 0 Å². The molecule has 2 nitrogen and oxygen atoms in total. The number of ketones is 1. The third-order valence-electron chi connectivity index (χ3n) is 4.60. The number of carbonyl (C=O) groups is 1. The Bertz CT molecular complexity index is 261. The predicted octanol–water partition coefficient (Wildman–Crippen LogP) is 1.52. The Morgan fingerprint density at radius 1 is 1.31 bits per heavy atom. The maximum atomic E-state index is 11.7. The lowest BCUT2D eigenvalue weighted by molar-refractivity contribution is -0.139. The van der Waals surface area contributed by atoms with Gasteiger partial charge in [0, 0.05) is 6.42 Å². The summed E-state index contributed by atoms with van der Waals surface area (Å²) in [6.07, 6.45) is 6.25. The van der Waals surface area contributed by atoms with E-state index in [0.29, 0.717) is 24.2 Å². The molecule has 3 fully saturated rings. The molecule has 3 aliphatic rings. The van der Waals surface area contributed by atoms with Gasteiger partial charge in [0.15, 0.2) is 5.78 Å². The number of hydrogen-bond acceptors (Lipinski definition) is 2. The Morgan fingerprint density at radius 2 is 2.15 bits per heavy atom. The van der Waals surface area contributed by atoms with Gasteiger partial charge in [-0.1, -0.05) is 12.8 Å². The van der Waals surface area contributed by atoms with Crippen LogP contribution in [0.5, 0.6) is 0 Å². The van der Waals surface area contributed by atoms with Crippen molar-refractivity contribution < 1.29 is 9.90 Å². The molecule has 0 unspecified atom stereocenters. The zero-order valence-corrected chi connectivity index (χ0v) is 7.83. The topological polar surface area (TPSA) is 37.3 Å². The number of rotatable bonds is 0. The molecular formula is C11H16O2. The van der Waals surface area contributed by atoms with Gasteiger partial charge < -0.3 is 5.11 Å². The zero-order valence-electron chi connectivity index (χ0n) is 7.83. The Balaban J connectivity index is 2.00. The zero-order chi connectivity index (χ0) is 9.05. The third kappa shape index (κ3) is 0.804. The average molecular weight is 180 g/mol. The normalized spacial score (nSPS) is 53.9. The summed E-state index contributed by atoms with van der Waals surface area (Å²) in [5.41, 5.74) is -0.874. The van der Waals surface area contributed by atoms with Crippen molar-refractivity contribution >= 4 is 5.78 Å². The van der Waals surface area contributed by atoms with Gasteiger partial charge in [-0.2, -0.15) is 0 Å². The highest BCUT2D eigenvalue weighted by Crippen LogP contribution is 2.57. The maximum absolute atomic E-state index is 11.7. The van der Waals surface area contributed by atoms with Crippen molar-refractivity contribution in [3.8, 4) is 0 Å². The molecule has 0 spiro atoms. The lowest BCUT2D eigenvalue weighted by atomic mass is 9.84. The van der Waals surface area contributed by atoms with Crippen molar-refractivity contribution in [2.75, 3.05) is 0 Å². The van der Waals surface area contributed by atoms with Gasteiger partial charge in [-0.3, -0.25) is 4.79 Å². The monoisotopic (exact) mass is 180 g/mol. The first-order valence-electron chi connectivity index (χ1n) is 5.48. The first-order chi connectivity index (χ1) is 6.23. The number of fused-ring (bicyclic) bond motifs is 3. The minimum absolute atomic E-state index is 0.145. The fourth-order valence-electron chi connectivity index (χ4n) is 4.02. The number of aliphatic hydroxyl groups is 1. The summed E-state index contributed by atoms with van der Waals surface area (Å²) >= 11 is 0. The molecule has 0 radical (unpaired) electrons. The molecule has 0 amide bonds. The summed E-state index contributed by atoms with van der Waals surface area (Å²) in [7, 11) is 0. The van der Waals surface area contributed by atoms with E-state index >= 15 is 0 Å². The molecule has 13 heavy (non-hydrogen) atoms. The van der Waals surface area contributed by atoms with Gasteiger partial charge in [0.05, 0.1) is 0 Å². The van der Waals surface area contributed by atoms with Crippen LogP contribution in [-0.2, 0) is 4.79 Å². The summed E-state index contributed by atoms with van der Waals surface area (Å²) < 4.78 is 0. The van der Waals surface area contributed by atoms with Crippen molar-refractivity contribution in [1.29, 1.82) is 0 Å². The molecule has 0 aliphatic heterocycles. The Hall–Kier alpha value is -0.370. The number of carbonyl (C=O) groups excluding carboxylic acids is 1. The number of Topliss-reactive ketones (excluding diaryl/α,β-unsaturated/α-hetero) is 1. The van der Waals surface area contributed by atoms with Crippen molar-refractivity contribution in [1.82, 2.24) is 0 Å². The highest BCUT2D eigenvalue weighted by Gasteiger charge is 2.61. The lowest BCUT2D eigenvalue weighted by Gasteiger charge is -2.27. The quantitative estimate of drug-likeness (QED) is 0.613. The van der Waals surface area contributed by atoms with Gasteiger partial charge in [0.1, 0.15) is 5.60 Å². The Kier molecular flexibility index (Phi) is 1.44. The van der Waals surface area contributed by atoms with Crippen molar-refractivity contribution in [3.63, 3.8) is 0 Å². The van der Waals surface area contributed by atoms with Crippen LogP contribution in [0.4, 0.5) is 0 Å². The molecule has 72 valence electrons. The fraction of sp³-hybridized carbons (Fsp3) is 0.909. The van der Waals surface area contributed by atoms with Gasteiger partial charge >= 0.3 is 0 Å². The highest BCUT2D eigenvalue weighted by atomic mass is 16.3. The van der Waals surface area contributed by atoms with Crippen LogP contribution in [0.2, 0.25) is 0 Å². The third-order valence-corrected chi connectivity index (χ3v) is 4.60. The van der Waals surface area contributed by atoms with Crippen LogP contribution in [-0.4, -0.2) is 16.5 Å². The molecule has 0 aromatic heterocycles. The second-order valence-corrected chi connectivity index (χ2v) is 5.02. The standard InChI is InChI=1S/C11H16O2/c12-10-5-4-8-6-7-2-1-3-9(7)11(8,10)13/h7-9,13H,1-6H2/t7-,8+,9-,11-/m0/s1. The molecule has 4 atom stereocenters. The van der Waals surface area contributed by atoms with Gasteiger partial charge in [-0.15, -0.1) is 0 Å². The summed E-state index contributed by atoms with van der Waals surface area (Å²) in [5.74, 6) is 1.45. The van der Waals surface area contributed by atoms with Gasteiger partial charge in [0.25, 0.3) is 0 Å². The van der Waals surface area contributed by atoms with Crippen LogP contribution in [0, 0.1) is 17.8 Å². The van der Waals surface area contributed by atoms with E-state index in [1.165, 1.54) is 12.8 Å². The summed E-state index contributed by atoms with van der Waals surface area (Å²) in [4.78, 5) is 11.7. The van der Waals surface area contributed by atoms with Crippen LogP contribution in [0.15, 0.2) is 0 Å². The molecule has 0 heterocycles. The average Bonchev–Trinajstić information content (AvgIpc) is 2.70. The van der Waals surface area contributed by atoms with Crippen molar-refractivity contribution in [3.05, 3.63) is 0 Å². The Morgan fingerprint density at radius 3 is 3.00 bits per heavy atom. The molecule has 2 heteroatoms. The SMILES string of the molecule is O=C1CC[C@@H]2C[C@@H]3CCC[C@@H]3[C@]12O. The molecule has 0 bridgehead atoms. The van der Waals surface area contributed by atoms with E-state index in [4.69, 9.17) is 0 Å². The summed E-state index contributed by atoms with van der Waals surface area (Å²) in [6, 6.07) is 0. The summed E-state index contributed by atoms with van der Waals surface area (Å²) in [5, 5.41) is 10.4. The van der Waals surface area contributed by atoms with E-state index in [1.54, 1.807) is 0 Å². The first kappa shape index (κ1) is 7.98. The van der Waals surface area contributed by atoms with Crippen molar-refractivity contribution in [2.45, 2.75) is 44.1 Å². The van der Waals surface area contributed by atoms with Gasteiger partial charge in [-0.05, 0) is 37.0 Å². The first-order valence-corrected chi connectivity index (χ1v) is 5.48. The highest BCUT2D eigenvalue weighted by molar-refractivity contribution is 5.90. The van der Waals surface area contributed by atoms with E-state index in [9.17, 15) is 9.90 Å². The van der Waals surface area contributed by atoms with Crippen molar-refractivity contribution in [2.24, 2.45) is 17.8 Å². The van der Waals surface area contributed by atoms with Crippen LogP contribution in [0.25, 0.3) is 0 Å².